The number of hydrogen-bond acceptors (Lipinski definition) is 6. The Labute approximate surface area is 671 Å². The second kappa shape index (κ2) is 50.6. The molecule has 0 fully saturated rings. The molecule has 0 aromatic heterocycles. The fraction of sp³-hybridized carbons (Fsp3) is 0.824. The molecule has 6 heteroatoms. The van der Waals surface area contributed by atoms with Crippen molar-refractivity contribution in [3.05, 3.63) is 36.4 Å². The van der Waals surface area contributed by atoms with Crippen LogP contribution in [0.2, 0.25) is 0 Å². The fourth-order valence-electron chi connectivity index (χ4n) is 20.0. The third-order valence-electron chi connectivity index (χ3n) is 25.9. The van der Waals surface area contributed by atoms with Crippen LogP contribution in [0.25, 0.3) is 32.3 Å². The maximum Gasteiger partial charge on any atom is 0.161 e. The van der Waals surface area contributed by atoms with Gasteiger partial charge in [-0.05, 0) is 326 Å². The van der Waals surface area contributed by atoms with E-state index in [1.54, 1.807) is 0 Å². The molecular weight excluding hydrogens is 1320 g/mol. The van der Waals surface area contributed by atoms with Gasteiger partial charge in [0, 0.05) is 0 Å². The predicted octanol–water partition coefficient (Wildman–Crippen LogP) is 32.2. The standard InChI is InChI=1S/C102H180O6/c1-31-67(7)37-73(13)43-79(19)49-85(25)61-103-97-55-91-92(56-98(97)104-62-86(26)50-80(20)44-74(14)38-68(8)32-2)94-58-100(106-64-88(28)52-82(22)46-76(16)40-70(10)34-4)102(108-66-90(30)54-84(24)48-78(18)42-72(12)36-6)60-96(94)95-59-101(107-65-89(29)53-83(23)47-77(17)41-71(11)35-5)99(57-93(91)95)105-63-87(27)51-81(21)45-75(15)39-69(9)33-3/h55-60,67-90H,31-54,61-66H2,1-30H3/t67-,68-,69-,70-,71-,72-,73-,74-,75-,76-,77-,78-,79-,80-,81-,82-,83-,84-,85-,86-,87-,88-,89-,90-/m1/s1. The molecule has 0 amide bonds. The summed E-state index contributed by atoms with van der Waals surface area (Å²) in [5.74, 6) is 19.5. The van der Waals surface area contributed by atoms with Crippen LogP contribution in [0.4, 0.5) is 0 Å². The summed E-state index contributed by atoms with van der Waals surface area (Å²) in [5, 5.41) is 6.73. The molecule has 6 nitrogen and oxygen atoms in total. The van der Waals surface area contributed by atoms with E-state index in [2.05, 4.69) is 244 Å². The van der Waals surface area contributed by atoms with E-state index >= 15 is 0 Å². The van der Waals surface area contributed by atoms with Gasteiger partial charge in [-0.25, -0.2) is 0 Å². The van der Waals surface area contributed by atoms with E-state index in [1.165, 1.54) is 116 Å². The highest BCUT2D eigenvalue weighted by atomic mass is 16.5. The summed E-state index contributed by atoms with van der Waals surface area (Å²) < 4.78 is 44.0. The summed E-state index contributed by atoms with van der Waals surface area (Å²) in [7, 11) is 0. The first-order chi connectivity index (χ1) is 51.0. The topological polar surface area (TPSA) is 55.4 Å². The SMILES string of the molecule is CC[C@@H](C)C[C@@H](C)C[C@@H](C)C[C@@H](C)COc1cc2c3cc(OC[C@H](C)C[C@H](C)C[C@H](C)C[C@H](C)CC)c(OC[C@H](C)C[C@H](C)C[C@H](C)C[C@H](C)CC)cc3c3cc(OC[C@H](C)C[C@H](C)C[C@H](C)C[C@H](C)CC)c(OC[C@H](C)C[C@H](C)C[C@H](C)C[C@H](C)CC)cc3c2cc1OC[C@H](C)C[C@H](C)C[C@H](C)C[C@H](C)CC. The maximum atomic E-state index is 7.33. The zero-order valence-corrected chi connectivity index (χ0v) is 77.0. The monoisotopic (exact) mass is 1500 g/mol. The van der Waals surface area contributed by atoms with Gasteiger partial charge in [0.15, 0.2) is 34.5 Å². The highest BCUT2D eigenvalue weighted by Gasteiger charge is 2.27. The quantitative estimate of drug-likeness (QED) is 0.0411. The Bertz CT molecular complexity index is 2490. The summed E-state index contributed by atoms with van der Waals surface area (Å²) in [6.07, 6.45) is 29.5. The first kappa shape index (κ1) is 96.8. The van der Waals surface area contributed by atoms with Gasteiger partial charge in [0.05, 0.1) is 39.6 Å². The molecule has 0 N–H and O–H groups in total. The molecule has 0 aliphatic carbocycles. The van der Waals surface area contributed by atoms with Gasteiger partial charge in [0.25, 0.3) is 0 Å². The number of fused-ring (bicyclic) bond motifs is 6. The zero-order valence-electron chi connectivity index (χ0n) is 77.0. The third-order valence-corrected chi connectivity index (χ3v) is 25.9. The Morgan fingerprint density at radius 3 is 0.343 bits per heavy atom. The first-order valence-electron chi connectivity index (χ1n) is 46.4. The van der Waals surface area contributed by atoms with Crippen molar-refractivity contribution in [3.8, 4) is 34.5 Å². The fourth-order valence-corrected chi connectivity index (χ4v) is 20.0. The molecule has 624 valence electrons. The van der Waals surface area contributed by atoms with Crippen molar-refractivity contribution in [2.75, 3.05) is 39.6 Å². The summed E-state index contributed by atoms with van der Waals surface area (Å²) in [6.45, 7) is 76.2. The van der Waals surface area contributed by atoms with Gasteiger partial charge in [0.1, 0.15) is 0 Å². The molecule has 4 aromatic rings. The van der Waals surface area contributed by atoms with E-state index in [1.807, 2.05) is 0 Å². The lowest BCUT2D eigenvalue weighted by molar-refractivity contribution is 0.194. The van der Waals surface area contributed by atoms with E-state index in [4.69, 9.17) is 28.4 Å². The lowest BCUT2D eigenvalue weighted by Gasteiger charge is -2.25. The second-order valence-electron chi connectivity index (χ2n) is 40.6. The molecule has 0 bridgehead atoms. The molecule has 24 atom stereocenters. The number of hydrogen-bond donors (Lipinski definition) is 0. The molecule has 4 rings (SSSR count). The summed E-state index contributed by atoms with van der Waals surface area (Å²) in [6, 6.07) is 14.1. The van der Waals surface area contributed by atoms with Crippen LogP contribution in [0.1, 0.15) is 362 Å². The Morgan fingerprint density at radius 2 is 0.241 bits per heavy atom. The maximum absolute atomic E-state index is 7.33. The van der Waals surface area contributed by atoms with Crippen LogP contribution < -0.4 is 28.4 Å². The first-order valence-corrected chi connectivity index (χ1v) is 46.4. The zero-order chi connectivity index (χ0) is 80.5. The van der Waals surface area contributed by atoms with Crippen LogP contribution in [0.15, 0.2) is 36.4 Å². The molecule has 0 unspecified atom stereocenters. The molecule has 0 saturated carbocycles. The molecule has 108 heavy (non-hydrogen) atoms. The van der Waals surface area contributed by atoms with Gasteiger partial charge in [-0.1, -0.05) is 246 Å². The minimum Gasteiger partial charge on any atom is -0.489 e. The lowest BCUT2D eigenvalue weighted by atomic mass is 9.85. The van der Waals surface area contributed by atoms with Crippen molar-refractivity contribution in [3.63, 3.8) is 0 Å². The molecular formula is C102H180O6. The second-order valence-corrected chi connectivity index (χ2v) is 40.6. The third kappa shape index (κ3) is 36.3. The molecule has 0 heterocycles. The van der Waals surface area contributed by atoms with Crippen molar-refractivity contribution in [2.45, 2.75) is 362 Å². The number of rotatable bonds is 60. The largest absolute Gasteiger partial charge is 0.489 e. The molecule has 0 spiro atoms. The minimum atomic E-state index is 0.358. The van der Waals surface area contributed by atoms with Gasteiger partial charge in [-0.2, -0.15) is 0 Å². The van der Waals surface area contributed by atoms with Crippen molar-refractivity contribution in [1.82, 2.24) is 0 Å². The van der Waals surface area contributed by atoms with Crippen molar-refractivity contribution >= 4 is 32.3 Å². The Kier molecular flexibility index (Phi) is 45.4. The van der Waals surface area contributed by atoms with E-state index in [9.17, 15) is 0 Å². The minimum absolute atomic E-state index is 0.358. The highest BCUT2D eigenvalue weighted by Crippen LogP contribution is 2.49. The van der Waals surface area contributed by atoms with E-state index in [0.717, 1.165) is 141 Å². The van der Waals surface area contributed by atoms with Gasteiger partial charge in [0.2, 0.25) is 0 Å². The summed E-state index contributed by atoms with van der Waals surface area (Å²) in [5.41, 5.74) is 0. The van der Waals surface area contributed by atoms with Crippen LogP contribution in [0.5, 0.6) is 34.5 Å². The molecule has 0 aliphatic rings. The Morgan fingerprint density at radius 1 is 0.148 bits per heavy atom. The van der Waals surface area contributed by atoms with E-state index < -0.39 is 0 Å². The molecule has 0 radical (unpaired) electrons. The lowest BCUT2D eigenvalue weighted by Crippen LogP contribution is -2.17. The normalized spacial score (nSPS) is 19.1. The summed E-state index contributed by atoms with van der Waals surface area (Å²) in [4.78, 5) is 0. The molecule has 0 aliphatic heterocycles. The highest BCUT2D eigenvalue weighted by molar-refractivity contribution is 6.27. The smallest absolute Gasteiger partial charge is 0.161 e. The summed E-state index contributed by atoms with van der Waals surface area (Å²) >= 11 is 0. The van der Waals surface area contributed by atoms with Gasteiger partial charge >= 0.3 is 0 Å². The van der Waals surface area contributed by atoms with Gasteiger partial charge < -0.3 is 28.4 Å². The van der Waals surface area contributed by atoms with E-state index in [0.29, 0.717) is 146 Å². The van der Waals surface area contributed by atoms with Crippen LogP contribution in [0, 0.1) is 142 Å². The Balaban J connectivity index is 2.10. The average Bonchev–Trinajstić information content (AvgIpc) is 0.726. The van der Waals surface area contributed by atoms with Crippen LogP contribution >= 0.6 is 0 Å². The average molecular weight is 1500 g/mol. The Hall–Kier alpha value is -3.54. The number of benzene rings is 4. The molecule has 0 saturated heterocycles. The molecule has 4 aromatic carbocycles. The number of ether oxygens (including phenoxy) is 6. The van der Waals surface area contributed by atoms with Crippen molar-refractivity contribution in [1.29, 1.82) is 0 Å². The van der Waals surface area contributed by atoms with Crippen LogP contribution in [-0.4, -0.2) is 39.6 Å². The van der Waals surface area contributed by atoms with Crippen LogP contribution in [-0.2, 0) is 0 Å². The van der Waals surface area contributed by atoms with Crippen LogP contribution in [0.3, 0.4) is 0 Å². The van der Waals surface area contributed by atoms with E-state index in [-0.39, 0.29) is 0 Å². The van der Waals surface area contributed by atoms with Gasteiger partial charge in [-0.15, -0.1) is 0 Å². The predicted molar refractivity (Wildman–Crippen MR) is 477 cm³/mol. The van der Waals surface area contributed by atoms with Crippen molar-refractivity contribution in [2.24, 2.45) is 142 Å². The van der Waals surface area contributed by atoms with Crippen molar-refractivity contribution < 1.29 is 28.4 Å². The van der Waals surface area contributed by atoms with Gasteiger partial charge in [-0.3, -0.25) is 0 Å².